The summed E-state index contributed by atoms with van der Waals surface area (Å²) >= 11 is 1.90. The predicted octanol–water partition coefficient (Wildman–Crippen LogP) is 14.0. The van der Waals surface area contributed by atoms with Crippen LogP contribution in [0.5, 0.6) is 11.5 Å². The van der Waals surface area contributed by atoms with Crippen molar-refractivity contribution < 1.29 is 4.74 Å². The van der Waals surface area contributed by atoms with Gasteiger partial charge in [0.05, 0.1) is 53.9 Å². The van der Waals surface area contributed by atoms with Gasteiger partial charge in [-0.3, -0.25) is 0 Å². The quantitative estimate of drug-likeness (QED) is 0.162. The molecule has 6 heteroatoms. The molecule has 15 rings (SSSR count). The van der Waals surface area contributed by atoms with Gasteiger partial charge in [-0.15, -0.1) is 11.3 Å². The number of aromatic nitrogens is 3. The normalized spacial score (nSPS) is 12.6. The summed E-state index contributed by atoms with van der Waals surface area (Å²) in [6.07, 6.45) is 0. The van der Waals surface area contributed by atoms with E-state index in [0.717, 1.165) is 17.2 Å². The minimum atomic E-state index is 0.0585. The van der Waals surface area contributed by atoms with E-state index in [1.165, 1.54) is 113 Å². The fourth-order valence-corrected chi connectivity index (χ4v) is 12.7. The number of thiophene rings is 1. The van der Waals surface area contributed by atoms with Crippen LogP contribution >= 0.6 is 11.3 Å². The first-order chi connectivity index (χ1) is 32.8. The molecule has 0 aliphatic carbocycles. The zero-order valence-corrected chi connectivity index (χ0v) is 36.3. The lowest BCUT2D eigenvalue weighted by Gasteiger charge is -2.26. The molecule has 0 spiro atoms. The summed E-state index contributed by atoms with van der Waals surface area (Å²) in [5.41, 5.74) is 14.4. The smallest absolute Gasteiger partial charge is 0.250 e. The van der Waals surface area contributed by atoms with Gasteiger partial charge in [0, 0.05) is 48.8 Å². The van der Waals surface area contributed by atoms with Crippen molar-refractivity contribution in [2.24, 2.45) is 0 Å². The lowest BCUT2D eigenvalue weighted by Crippen LogP contribution is -2.54. The molecule has 0 bridgehead atoms. The molecular formula is C60H36BN3OS. The van der Waals surface area contributed by atoms with Crippen LogP contribution in [-0.4, -0.2) is 20.4 Å². The minimum Gasteiger partial charge on any atom is -0.458 e. The van der Waals surface area contributed by atoms with E-state index < -0.39 is 0 Å². The van der Waals surface area contributed by atoms with Crippen molar-refractivity contribution in [3.63, 3.8) is 0 Å². The number of hydrogen-bond acceptors (Lipinski definition) is 2. The average molecular weight is 858 g/mol. The van der Waals surface area contributed by atoms with Gasteiger partial charge in [-0.2, -0.15) is 0 Å². The predicted molar refractivity (Wildman–Crippen MR) is 280 cm³/mol. The third kappa shape index (κ3) is 4.94. The van der Waals surface area contributed by atoms with Crippen molar-refractivity contribution in [1.82, 2.24) is 13.7 Å². The number of rotatable bonds is 4. The molecule has 5 heterocycles. The van der Waals surface area contributed by atoms with Gasteiger partial charge in [0.25, 0.3) is 6.71 Å². The molecule has 0 radical (unpaired) electrons. The van der Waals surface area contributed by atoms with E-state index in [2.05, 4.69) is 232 Å². The van der Waals surface area contributed by atoms with Gasteiger partial charge in [-0.1, -0.05) is 151 Å². The number of fused-ring (bicyclic) bond motifs is 14. The first kappa shape index (κ1) is 36.1. The molecule has 0 amide bonds. The lowest BCUT2D eigenvalue weighted by atomic mass is 9.36. The molecule has 0 unspecified atom stereocenters. The summed E-state index contributed by atoms with van der Waals surface area (Å²) < 4.78 is 16.4. The van der Waals surface area contributed by atoms with E-state index in [-0.39, 0.29) is 6.71 Å². The van der Waals surface area contributed by atoms with Gasteiger partial charge in [0.1, 0.15) is 11.5 Å². The third-order valence-electron chi connectivity index (χ3n) is 14.2. The van der Waals surface area contributed by atoms with Crippen LogP contribution in [0.2, 0.25) is 0 Å². The van der Waals surface area contributed by atoms with Gasteiger partial charge in [-0.05, 0) is 83.7 Å². The van der Waals surface area contributed by atoms with Gasteiger partial charge < -0.3 is 18.4 Å². The number of hydrogen-bond donors (Lipinski definition) is 0. The highest BCUT2D eigenvalue weighted by Crippen LogP contribution is 2.45. The van der Waals surface area contributed by atoms with Crippen LogP contribution in [0.25, 0.3) is 103 Å². The summed E-state index contributed by atoms with van der Waals surface area (Å²) in [7, 11) is 0. The molecule has 4 aromatic heterocycles. The molecule has 0 fully saturated rings. The van der Waals surface area contributed by atoms with Gasteiger partial charge in [-0.25, -0.2) is 0 Å². The molecule has 0 N–H and O–H groups in total. The Hall–Kier alpha value is -8.32. The number of para-hydroxylation sites is 6. The van der Waals surface area contributed by atoms with Gasteiger partial charge in [0.2, 0.25) is 0 Å². The minimum absolute atomic E-state index is 0.0585. The highest BCUT2D eigenvalue weighted by molar-refractivity contribution is 7.26. The van der Waals surface area contributed by atoms with Crippen LogP contribution in [0.15, 0.2) is 218 Å². The Kier molecular flexibility index (Phi) is 7.43. The second-order valence-corrected chi connectivity index (χ2v) is 18.6. The monoisotopic (exact) mass is 857 g/mol. The largest absolute Gasteiger partial charge is 0.458 e. The lowest BCUT2D eigenvalue weighted by molar-refractivity contribution is 0.487. The first-order valence-electron chi connectivity index (χ1n) is 22.6. The second kappa shape index (κ2) is 13.6. The van der Waals surface area contributed by atoms with Crippen molar-refractivity contribution in [1.29, 1.82) is 0 Å². The maximum Gasteiger partial charge on any atom is 0.250 e. The molecule has 10 aromatic carbocycles. The first-order valence-corrected chi connectivity index (χ1v) is 23.4. The van der Waals surface area contributed by atoms with E-state index in [9.17, 15) is 0 Å². The molecule has 0 atom stereocenters. The summed E-state index contributed by atoms with van der Waals surface area (Å²) in [4.78, 5) is 0. The van der Waals surface area contributed by atoms with Crippen molar-refractivity contribution in [3.05, 3.63) is 218 Å². The molecule has 4 nitrogen and oxygen atoms in total. The van der Waals surface area contributed by atoms with Crippen LogP contribution in [0.4, 0.5) is 0 Å². The molecular weight excluding hydrogens is 822 g/mol. The molecule has 1 aliphatic rings. The third-order valence-corrected chi connectivity index (χ3v) is 15.4. The van der Waals surface area contributed by atoms with E-state index >= 15 is 0 Å². The zero-order chi connectivity index (χ0) is 43.0. The fourth-order valence-electron chi connectivity index (χ4n) is 11.4. The Morgan fingerprint density at radius 1 is 0.318 bits per heavy atom. The standard InChI is InChI=1S/C60H36BN3OS/c1-7-23-49-39(15-1)40-16-2-8-24-50(40)62(49)38-32-34-54-46(36-38)42-18-4-10-26-52(42)64(54)56-28-14-20-44-43-19-13-27-55(59(43)66-60(44)56)63-51-25-9-3-17-41(51)45-35-37(31-33-53(45)63)61-47-21-5-11-29-57(47)65-58-30-12-6-22-48(58)61/h1-36H. The number of nitrogens with zero attached hydrogens (tertiary/aromatic N) is 3. The molecule has 66 heavy (non-hydrogen) atoms. The van der Waals surface area contributed by atoms with Crippen LogP contribution in [0.3, 0.4) is 0 Å². The maximum atomic E-state index is 6.43. The SMILES string of the molecule is c1ccc2c(c1)Oc1ccccc1B2c1ccc2c(c1)c1ccccc1n2-c1cccc2c1sc1c(-n3c4ccccc4c4cc(-n5c6ccccc6c6ccccc65)ccc43)cccc12. The zero-order valence-electron chi connectivity index (χ0n) is 35.5. The van der Waals surface area contributed by atoms with Gasteiger partial charge >= 0.3 is 0 Å². The van der Waals surface area contributed by atoms with Crippen LogP contribution in [0, 0.1) is 0 Å². The Bertz CT molecular complexity index is 4260. The van der Waals surface area contributed by atoms with Crippen LogP contribution in [0.1, 0.15) is 0 Å². The molecule has 0 saturated heterocycles. The maximum absolute atomic E-state index is 6.43. The molecule has 1 aliphatic heterocycles. The van der Waals surface area contributed by atoms with E-state index in [1.54, 1.807) is 0 Å². The molecule has 14 aromatic rings. The average Bonchev–Trinajstić information content (AvgIpc) is 4.12. The number of ether oxygens (including phenoxy) is 1. The molecule has 0 saturated carbocycles. The second-order valence-electron chi connectivity index (χ2n) is 17.6. The van der Waals surface area contributed by atoms with E-state index in [0.29, 0.717) is 0 Å². The van der Waals surface area contributed by atoms with Crippen molar-refractivity contribution in [2.45, 2.75) is 0 Å². The molecule has 306 valence electrons. The Morgan fingerprint density at radius 3 is 1.27 bits per heavy atom. The number of benzene rings is 10. The van der Waals surface area contributed by atoms with E-state index in [4.69, 9.17) is 4.74 Å². The fraction of sp³-hybridized carbons (Fsp3) is 0. The van der Waals surface area contributed by atoms with Gasteiger partial charge in [0.15, 0.2) is 0 Å². The van der Waals surface area contributed by atoms with Crippen LogP contribution < -0.4 is 21.1 Å². The Balaban J connectivity index is 0.929. The van der Waals surface area contributed by atoms with Crippen LogP contribution in [-0.2, 0) is 0 Å². The van der Waals surface area contributed by atoms with E-state index in [1.807, 2.05) is 11.3 Å². The summed E-state index contributed by atoms with van der Waals surface area (Å²) in [6.45, 7) is 0.0585. The Labute approximate surface area is 383 Å². The summed E-state index contributed by atoms with van der Waals surface area (Å²) in [5, 5.41) is 10.0. The van der Waals surface area contributed by atoms with Crippen molar-refractivity contribution in [2.75, 3.05) is 0 Å². The topological polar surface area (TPSA) is 24.0 Å². The summed E-state index contributed by atoms with van der Waals surface area (Å²) in [5.74, 6) is 1.84. The highest BCUT2D eigenvalue weighted by atomic mass is 32.1. The van der Waals surface area contributed by atoms with Crippen molar-refractivity contribution >= 4 is 120 Å². The Morgan fingerprint density at radius 2 is 0.727 bits per heavy atom. The highest BCUT2D eigenvalue weighted by Gasteiger charge is 2.32. The summed E-state index contributed by atoms with van der Waals surface area (Å²) in [6, 6.07) is 80.1. The van der Waals surface area contributed by atoms with Crippen molar-refractivity contribution in [3.8, 4) is 28.6 Å².